The van der Waals surface area contributed by atoms with Crippen molar-refractivity contribution in [3.8, 4) is 0 Å². The zero-order valence-corrected chi connectivity index (χ0v) is 15.8. The maximum absolute atomic E-state index is 10.4. The molecule has 0 spiro atoms. The van der Waals surface area contributed by atoms with E-state index in [1.807, 2.05) is 24.3 Å². The van der Waals surface area contributed by atoms with E-state index in [2.05, 4.69) is 19.1 Å². The molecular formula is C22H36O3. The van der Waals surface area contributed by atoms with Crippen LogP contribution >= 0.6 is 0 Å². The van der Waals surface area contributed by atoms with Crippen LogP contribution in [0.25, 0.3) is 0 Å². The number of aliphatic hydroxyl groups is 1. The van der Waals surface area contributed by atoms with Crippen LogP contribution in [0.15, 0.2) is 36.5 Å². The minimum absolute atomic E-state index is 0.231. The summed E-state index contributed by atoms with van der Waals surface area (Å²) in [6.07, 6.45) is 23.5. The second-order valence-electron chi connectivity index (χ2n) is 7.13. The Balaban J connectivity index is 2.03. The lowest BCUT2D eigenvalue weighted by Gasteiger charge is -2.03. The van der Waals surface area contributed by atoms with Gasteiger partial charge in [-0.15, -0.1) is 0 Å². The van der Waals surface area contributed by atoms with Crippen LogP contribution in [0, 0.1) is 11.8 Å². The summed E-state index contributed by atoms with van der Waals surface area (Å²) < 4.78 is 0. The van der Waals surface area contributed by atoms with Crippen LogP contribution in [0.4, 0.5) is 0 Å². The first-order valence-electron chi connectivity index (χ1n) is 10.0. The average Bonchev–Trinajstić information content (AvgIpc) is 3.35. The Labute approximate surface area is 153 Å². The van der Waals surface area contributed by atoms with Crippen LogP contribution in [-0.4, -0.2) is 22.3 Å². The summed E-state index contributed by atoms with van der Waals surface area (Å²) in [5.41, 5.74) is 0. The first-order valence-corrected chi connectivity index (χ1v) is 10.0. The number of hydrogen-bond acceptors (Lipinski definition) is 2. The van der Waals surface area contributed by atoms with Gasteiger partial charge < -0.3 is 10.2 Å². The van der Waals surface area contributed by atoms with E-state index < -0.39 is 5.97 Å². The molecular weight excluding hydrogens is 312 g/mol. The molecule has 1 rings (SSSR count). The van der Waals surface area contributed by atoms with Crippen LogP contribution in [0.2, 0.25) is 0 Å². The van der Waals surface area contributed by atoms with Gasteiger partial charge in [0.1, 0.15) is 0 Å². The second-order valence-corrected chi connectivity index (χ2v) is 7.13. The Morgan fingerprint density at radius 3 is 2.56 bits per heavy atom. The predicted molar refractivity (Wildman–Crippen MR) is 105 cm³/mol. The Morgan fingerprint density at radius 2 is 1.80 bits per heavy atom. The van der Waals surface area contributed by atoms with Gasteiger partial charge in [0.05, 0.1) is 6.10 Å². The Hall–Kier alpha value is -1.35. The molecule has 3 nitrogen and oxygen atoms in total. The summed E-state index contributed by atoms with van der Waals surface area (Å²) in [6, 6.07) is 0. The topological polar surface area (TPSA) is 57.5 Å². The third-order valence-corrected chi connectivity index (χ3v) is 4.78. The van der Waals surface area contributed by atoms with Gasteiger partial charge in [0, 0.05) is 6.42 Å². The quantitative estimate of drug-likeness (QED) is 0.297. The predicted octanol–water partition coefficient (Wildman–Crippen LogP) is 5.66. The SMILES string of the molecule is CCCCCC/C=C\C[C@@H]1C[C@H]1[C@@H](O)/C=C\C/C=C\CCCC(=O)O. The molecule has 3 atom stereocenters. The van der Waals surface area contributed by atoms with E-state index in [4.69, 9.17) is 5.11 Å². The van der Waals surface area contributed by atoms with Gasteiger partial charge in [-0.1, -0.05) is 62.6 Å². The fourth-order valence-corrected chi connectivity index (χ4v) is 3.06. The van der Waals surface area contributed by atoms with Crippen LogP contribution in [0.3, 0.4) is 0 Å². The van der Waals surface area contributed by atoms with Crippen LogP contribution in [-0.2, 0) is 4.79 Å². The molecule has 2 N–H and O–H groups in total. The number of rotatable bonds is 15. The third kappa shape index (κ3) is 11.8. The highest BCUT2D eigenvalue weighted by molar-refractivity contribution is 5.66. The standard InChI is InChI=1S/C22H36O3/c1-2-3-4-5-6-9-12-15-19-18-20(19)21(23)16-13-10-7-8-11-14-17-22(24)25/h7-9,12-13,16,19-21,23H,2-6,10-11,14-15,17-18H2,1H3,(H,24,25)/b8-7-,12-9-,16-13-/t19-,20-,21+/m1/s1. The lowest BCUT2D eigenvalue weighted by atomic mass is 10.1. The van der Waals surface area contributed by atoms with Gasteiger partial charge in [0.25, 0.3) is 0 Å². The monoisotopic (exact) mass is 348 g/mol. The first kappa shape index (κ1) is 21.7. The first-order chi connectivity index (χ1) is 12.1. The van der Waals surface area contributed by atoms with Crippen molar-refractivity contribution in [1.82, 2.24) is 0 Å². The van der Waals surface area contributed by atoms with Crippen molar-refractivity contribution < 1.29 is 15.0 Å². The molecule has 25 heavy (non-hydrogen) atoms. The van der Waals surface area contributed by atoms with Crippen LogP contribution in [0.1, 0.15) is 77.6 Å². The summed E-state index contributed by atoms with van der Waals surface area (Å²) >= 11 is 0. The average molecular weight is 349 g/mol. The molecule has 142 valence electrons. The Bertz CT molecular complexity index is 437. The number of carboxylic acids is 1. The smallest absolute Gasteiger partial charge is 0.303 e. The van der Waals surface area contributed by atoms with E-state index in [1.165, 1.54) is 32.1 Å². The number of carboxylic acid groups (broad SMARTS) is 1. The molecule has 1 fully saturated rings. The summed E-state index contributed by atoms with van der Waals surface area (Å²) in [4.78, 5) is 10.4. The minimum atomic E-state index is -0.734. The van der Waals surface area contributed by atoms with E-state index in [0.717, 1.165) is 25.7 Å². The fraction of sp³-hybridized carbons (Fsp3) is 0.682. The van der Waals surface area contributed by atoms with Gasteiger partial charge >= 0.3 is 5.97 Å². The number of hydrogen-bond donors (Lipinski definition) is 2. The molecule has 0 saturated heterocycles. The van der Waals surface area contributed by atoms with Crippen molar-refractivity contribution >= 4 is 5.97 Å². The van der Waals surface area contributed by atoms with Gasteiger partial charge in [-0.05, 0) is 56.8 Å². The highest BCUT2D eigenvalue weighted by Crippen LogP contribution is 2.44. The van der Waals surface area contributed by atoms with Crippen molar-refractivity contribution in [2.45, 2.75) is 83.7 Å². The molecule has 1 aliphatic carbocycles. The van der Waals surface area contributed by atoms with Crippen molar-refractivity contribution in [3.63, 3.8) is 0 Å². The zero-order chi connectivity index (χ0) is 18.3. The normalized spacial score (nSPS) is 21.5. The molecule has 0 unspecified atom stereocenters. The Kier molecular flexibility index (Phi) is 12.0. The van der Waals surface area contributed by atoms with Crippen molar-refractivity contribution in [1.29, 1.82) is 0 Å². The number of carbonyl (C=O) groups is 1. The lowest BCUT2D eigenvalue weighted by molar-refractivity contribution is -0.137. The number of unbranched alkanes of at least 4 members (excludes halogenated alkanes) is 5. The molecule has 0 bridgehead atoms. The number of allylic oxidation sites excluding steroid dienone is 5. The van der Waals surface area contributed by atoms with Crippen LogP contribution < -0.4 is 0 Å². The van der Waals surface area contributed by atoms with E-state index in [1.54, 1.807) is 0 Å². The summed E-state index contributed by atoms with van der Waals surface area (Å²) in [5, 5.41) is 18.7. The van der Waals surface area contributed by atoms with E-state index in [0.29, 0.717) is 18.3 Å². The molecule has 3 heteroatoms. The molecule has 0 amide bonds. The fourth-order valence-electron chi connectivity index (χ4n) is 3.06. The van der Waals surface area contributed by atoms with Crippen molar-refractivity contribution in [3.05, 3.63) is 36.5 Å². The Morgan fingerprint density at radius 1 is 1.04 bits per heavy atom. The highest BCUT2D eigenvalue weighted by atomic mass is 16.4. The van der Waals surface area contributed by atoms with Gasteiger partial charge in [0.15, 0.2) is 0 Å². The summed E-state index contributed by atoms with van der Waals surface area (Å²) in [7, 11) is 0. The summed E-state index contributed by atoms with van der Waals surface area (Å²) in [6.45, 7) is 2.24. The van der Waals surface area contributed by atoms with Crippen LogP contribution in [0.5, 0.6) is 0 Å². The van der Waals surface area contributed by atoms with E-state index in [9.17, 15) is 9.90 Å². The highest BCUT2D eigenvalue weighted by Gasteiger charge is 2.40. The molecule has 1 saturated carbocycles. The van der Waals surface area contributed by atoms with E-state index in [-0.39, 0.29) is 12.5 Å². The second kappa shape index (κ2) is 13.9. The van der Waals surface area contributed by atoms with Gasteiger partial charge in [-0.3, -0.25) is 4.79 Å². The van der Waals surface area contributed by atoms with Crippen molar-refractivity contribution in [2.75, 3.05) is 0 Å². The third-order valence-electron chi connectivity index (χ3n) is 4.78. The van der Waals surface area contributed by atoms with E-state index >= 15 is 0 Å². The van der Waals surface area contributed by atoms with Gasteiger partial charge in [-0.25, -0.2) is 0 Å². The molecule has 0 aromatic carbocycles. The lowest BCUT2D eigenvalue weighted by Crippen LogP contribution is -2.06. The number of aliphatic hydroxyl groups excluding tert-OH is 1. The number of aliphatic carboxylic acids is 1. The maximum atomic E-state index is 10.4. The molecule has 1 aliphatic rings. The molecule has 0 aromatic rings. The maximum Gasteiger partial charge on any atom is 0.303 e. The summed E-state index contributed by atoms with van der Waals surface area (Å²) in [5.74, 6) is 0.348. The van der Waals surface area contributed by atoms with Gasteiger partial charge in [0.2, 0.25) is 0 Å². The minimum Gasteiger partial charge on any atom is -0.481 e. The van der Waals surface area contributed by atoms with Crippen molar-refractivity contribution in [2.24, 2.45) is 11.8 Å². The zero-order valence-electron chi connectivity index (χ0n) is 15.8. The largest absolute Gasteiger partial charge is 0.481 e. The molecule has 0 aromatic heterocycles. The molecule has 0 heterocycles. The molecule has 0 radical (unpaired) electrons. The van der Waals surface area contributed by atoms with Gasteiger partial charge in [-0.2, -0.15) is 0 Å². The molecule has 0 aliphatic heterocycles.